The van der Waals surface area contributed by atoms with Crippen LogP contribution in [-0.4, -0.2) is 49.3 Å². The molecule has 2 heterocycles. The van der Waals surface area contributed by atoms with Gasteiger partial charge in [-0.15, -0.1) is 0 Å². The van der Waals surface area contributed by atoms with Crippen molar-refractivity contribution < 1.29 is 9.59 Å². The third kappa shape index (κ3) is 3.11. The molecule has 1 aromatic rings. The van der Waals surface area contributed by atoms with Gasteiger partial charge in [-0.05, 0) is 36.5 Å². The number of anilines is 1. The maximum atomic E-state index is 11.7. The number of hydrogen-bond donors (Lipinski definition) is 1. The van der Waals surface area contributed by atoms with Crippen LogP contribution in [0.1, 0.15) is 5.56 Å². The van der Waals surface area contributed by atoms with E-state index in [4.69, 9.17) is 0 Å². The number of para-hydroxylation sites is 1. The molecule has 6 heteroatoms. The fraction of sp³-hybridized carbons (Fsp3) is 0.333. The Labute approximate surface area is 128 Å². The second-order valence-corrected chi connectivity index (χ2v) is 6.22. The molecule has 3 rings (SSSR count). The number of nitrogens with zero attached hydrogens (tertiary/aromatic N) is 2. The third-order valence-corrected chi connectivity index (χ3v) is 4.52. The van der Waals surface area contributed by atoms with Crippen molar-refractivity contribution in [1.29, 1.82) is 0 Å². The number of thioether (sulfide) groups is 1. The van der Waals surface area contributed by atoms with Crippen LogP contribution >= 0.6 is 11.8 Å². The Hall–Kier alpha value is -1.79. The summed E-state index contributed by atoms with van der Waals surface area (Å²) in [6.07, 6.45) is 1.80. The predicted molar refractivity (Wildman–Crippen MR) is 85.3 cm³/mol. The van der Waals surface area contributed by atoms with Crippen LogP contribution in [0.15, 0.2) is 29.2 Å². The zero-order chi connectivity index (χ0) is 14.8. The minimum atomic E-state index is -0.307. The highest BCUT2D eigenvalue weighted by Gasteiger charge is 2.25. The number of carbonyl (C=O) groups is 2. The van der Waals surface area contributed by atoms with Crippen LogP contribution in [0, 0.1) is 0 Å². The lowest BCUT2D eigenvalue weighted by Gasteiger charge is -2.34. The van der Waals surface area contributed by atoms with E-state index < -0.39 is 0 Å². The number of likely N-dealkylation sites (N-methyl/N-ethyl adjacent to an activating group) is 1. The second kappa shape index (κ2) is 5.91. The lowest BCUT2D eigenvalue weighted by Crippen LogP contribution is -2.44. The largest absolute Gasteiger partial charge is 0.368 e. The number of rotatable bonds is 2. The van der Waals surface area contributed by atoms with Crippen molar-refractivity contribution in [2.75, 3.05) is 38.1 Å². The van der Waals surface area contributed by atoms with Crippen LogP contribution in [0.5, 0.6) is 0 Å². The molecule has 0 bridgehead atoms. The summed E-state index contributed by atoms with van der Waals surface area (Å²) in [5, 5.41) is 1.99. The number of carbonyl (C=O) groups excluding carboxylic acids is 2. The van der Waals surface area contributed by atoms with Gasteiger partial charge >= 0.3 is 0 Å². The normalized spacial score (nSPS) is 22.0. The number of imide groups is 1. The van der Waals surface area contributed by atoms with Crippen molar-refractivity contribution in [3.05, 3.63) is 34.7 Å². The molecule has 0 aliphatic carbocycles. The molecule has 2 fully saturated rings. The van der Waals surface area contributed by atoms with E-state index in [2.05, 4.69) is 28.2 Å². The smallest absolute Gasteiger partial charge is 0.290 e. The molecule has 110 valence electrons. The van der Waals surface area contributed by atoms with E-state index in [1.165, 1.54) is 0 Å². The Morgan fingerprint density at radius 3 is 2.52 bits per heavy atom. The summed E-state index contributed by atoms with van der Waals surface area (Å²) in [7, 11) is 2.12. The summed E-state index contributed by atoms with van der Waals surface area (Å²) in [4.78, 5) is 28.0. The Bertz CT molecular complexity index is 607. The average molecular weight is 303 g/mol. The molecule has 0 spiro atoms. The summed E-state index contributed by atoms with van der Waals surface area (Å²) >= 11 is 0.959. The third-order valence-electron chi connectivity index (χ3n) is 3.71. The Kier molecular flexibility index (Phi) is 3.98. The fourth-order valence-corrected chi connectivity index (χ4v) is 3.18. The first-order valence-electron chi connectivity index (χ1n) is 6.91. The molecule has 2 aliphatic rings. The van der Waals surface area contributed by atoms with Crippen LogP contribution in [-0.2, 0) is 4.79 Å². The van der Waals surface area contributed by atoms with Gasteiger partial charge in [0.2, 0.25) is 0 Å². The van der Waals surface area contributed by atoms with Gasteiger partial charge in [-0.3, -0.25) is 14.9 Å². The van der Waals surface area contributed by atoms with Gasteiger partial charge in [0.05, 0.1) is 4.91 Å². The lowest BCUT2D eigenvalue weighted by atomic mass is 10.1. The zero-order valence-electron chi connectivity index (χ0n) is 11.8. The van der Waals surface area contributed by atoms with Gasteiger partial charge in [-0.25, -0.2) is 0 Å². The second-order valence-electron chi connectivity index (χ2n) is 5.20. The molecule has 21 heavy (non-hydrogen) atoms. The monoisotopic (exact) mass is 303 g/mol. The minimum Gasteiger partial charge on any atom is -0.368 e. The van der Waals surface area contributed by atoms with Gasteiger partial charge < -0.3 is 9.80 Å². The zero-order valence-corrected chi connectivity index (χ0v) is 12.7. The molecule has 0 aromatic heterocycles. The highest BCUT2D eigenvalue weighted by Crippen LogP contribution is 2.29. The number of nitrogens with one attached hydrogen (secondary N) is 1. The number of benzene rings is 1. The highest BCUT2D eigenvalue weighted by atomic mass is 32.2. The van der Waals surface area contributed by atoms with Crippen molar-refractivity contribution in [3.63, 3.8) is 0 Å². The van der Waals surface area contributed by atoms with Gasteiger partial charge in [-0.1, -0.05) is 18.2 Å². The number of piperazine rings is 1. The molecule has 2 aliphatic heterocycles. The maximum absolute atomic E-state index is 11.7. The van der Waals surface area contributed by atoms with Gasteiger partial charge in [0, 0.05) is 31.9 Å². The van der Waals surface area contributed by atoms with E-state index in [0.717, 1.165) is 49.2 Å². The van der Waals surface area contributed by atoms with E-state index >= 15 is 0 Å². The molecular formula is C15H17N3O2S. The van der Waals surface area contributed by atoms with E-state index in [0.29, 0.717) is 4.91 Å². The molecule has 0 radical (unpaired) electrons. The summed E-state index contributed by atoms with van der Waals surface area (Å²) in [6.45, 7) is 3.99. The van der Waals surface area contributed by atoms with Crippen molar-refractivity contribution >= 4 is 34.7 Å². The molecule has 1 N–H and O–H groups in total. The molecule has 5 nitrogen and oxygen atoms in total. The summed E-state index contributed by atoms with van der Waals surface area (Å²) < 4.78 is 0. The van der Waals surface area contributed by atoms with Crippen molar-refractivity contribution in [1.82, 2.24) is 10.2 Å². The molecule has 2 amide bonds. The van der Waals surface area contributed by atoms with E-state index in [1.807, 2.05) is 18.2 Å². The first kappa shape index (κ1) is 14.2. The SMILES string of the molecule is CN1CCN(c2ccccc2C=C2SC(=O)NC2=O)CC1. The van der Waals surface area contributed by atoms with Gasteiger partial charge in [0.1, 0.15) is 0 Å². The van der Waals surface area contributed by atoms with Crippen molar-refractivity contribution in [3.8, 4) is 0 Å². The fourth-order valence-electron chi connectivity index (χ4n) is 2.51. The Balaban J connectivity index is 1.88. The maximum Gasteiger partial charge on any atom is 0.290 e. The number of hydrogen-bond acceptors (Lipinski definition) is 5. The summed E-state index contributed by atoms with van der Waals surface area (Å²) in [5.41, 5.74) is 2.10. The van der Waals surface area contributed by atoms with Crippen molar-refractivity contribution in [2.24, 2.45) is 0 Å². The first-order chi connectivity index (χ1) is 10.1. The van der Waals surface area contributed by atoms with E-state index in [1.54, 1.807) is 6.08 Å². The molecule has 0 atom stereocenters. The summed E-state index contributed by atoms with van der Waals surface area (Å²) in [5.74, 6) is -0.307. The lowest BCUT2D eigenvalue weighted by molar-refractivity contribution is -0.115. The highest BCUT2D eigenvalue weighted by molar-refractivity contribution is 8.18. The average Bonchev–Trinajstić information content (AvgIpc) is 2.79. The van der Waals surface area contributed by atoms with Crippen LogP contribution in [0.4, 0.5) is 10.5 Å². The Morgan fingerprint density at radius 2 is 1.86 bits per heavy atom. The van der Waals surface area contributed by atoms with Crippen LogP contribution in [0.25, 0.3) is 6.08 Å². The van der Waals surface area contributed by atoms with Crippen molar-refractivity contribution in [2.45, 2.75) is 0 Å². The quantitative estimate of drug-likeness (QED) is 0.844. The standard InChI is InChI=1S/C15H17N3O2S/c1-17-6-8-18(9-7-17)12-5-3-2-4-11(12)10-13-14(19)16-15(20)21-13/h2-5,10H,6-9H2,1H3,(H,16,19,20). The molecule has 0 unspecified atom stereocenters. The van der Waals surface area contributed by atoms with E-state index in [-0.39, 0.29) is 11.1 Å². The van der Waals surface area contributed by atoms with Crippen LogP contribution in [0.2, 0.25) is 0 Å². The molecule has 0 saturated carbocycles. The van der Waals surface area contributed by atoms with Gasteiger partial charge in [0.25, 0.3) is 11.1 Å². The molecule has 1 aromatic carbocycles. The molecular weight excluding hydrogens is 286 g/mol. The number of amides is 2. The van der Waals surface area contributed by atoms with E-state index in [9.17, 15) is 9.59 Å². The minimum absolute atomic E-state index is 0.302. The first-order valence-corrected chi connectivity index (χ1v) is 7.72. The van der Waals surface area contributed by atoms with Gasteiger partial charge in [0.15, 0.2) is 0 Å². The topological polar surface area (TPSA) is 52.6 Å². The molecule has 2 saturated heterocycles. The summed E-state index contributed by atoms with van der Waals surface area (Å²) in [6, 6.07) is 8.00. The van der Waals surface area contributed by atoms with Crippen LogP contribution in [0.3, 0.4) is 0 Å². The van der Waals surface area contributed by atoms with Crippen LogP contribution < -0.4 is 10.2 Å². The Morgan fingerprint density at radius 1 is 1.14 bits per heavy atom. The predicted octanol–water partition coefficient (Wildman–Crippen LogP) is 1.76. The van der Waals surface area contributed by atoms with Gasteiger partial charge in [-0.2, -0.15) is 0 Å².